The second kappa shape index (κ2) is 9.53. The predicted octanol–water partition coefficient (Wildman–Crippen LogP) is 2.12. The topological polar surface area (TPSA) is 110 Å². The number of anilines is 1. The van der Waals surface area contributed by atoms with Gasteiger partial charge < -0.3 is 15.4 Å². The van der Waals surface area contributed by atoms with Gasteiger partial charge in [0.25, 0.3) is 0 Å². The zero-order valence-corrected chi connectivity index (χ0v) is 18.4. The molecular weight excluding hydrogens is 404 g/mol. The van der Waals surface area contributed by atoms with Gasteiger partial charge in [-0.2, -0.15) is 0 Å². The summed E-state index contributed by atoms with van der Waals surface area (Å²) in [6.07, 6.45) is 4.63. The molecule has 0 radical (unpaired) electrons. The molecule has 1 aromatic heterocycles. The maximum atomic E-state index is 12.2. The Labute approximate surface area is 177 Å². The number of aromatic nitrogens is 2. The molecule has 0 bridgehead atoms. The van der Waals surface area contributed by atoms with Gasteiger partial charge >= 0.3 is 0 Å². The molecular formula is C21H28N4O4S. The lowest BCUT2D eigenvalue weighted by atomic mass is 10.0. The summed E-state index contributed by atoms with van der Waals surface area (Å²) < 4.78 is 28.4. The molecule has 0 saturated heterocycles. The molecule has 1 aliphatic carbocycles. The maximum absolute atomic E-state index is 12.2. The largest absolute Gasteiger partial charge is 0.492 e. The van der Waals surface area contributed by atoms with Gasteiger partial charge in [0, 0.05) is 53.5 Å². The number of hydrogen-bond acceptors (Lipinski definition) is 7. The summed E-state index contributed by atoms with van der Waals surface area (Å²) >= 11 is 0. The number of ether oxygens (including phenoxy) is 1. The van der Waals surface area contributed by atoms with Crippen LogP contribution in [0.15, 0.2) is 24.5 Å². The number of rotatable bonds is 10. The molecule has 1 aromatic carbocycles. The summed E-state index contributed by atoms with van der Waals surface area (Å²) in [5.41, 5.74) is 4.05. The number of hydrogen-bond donors (Lipinski definition) is 2. The Balaban J connectivity index is 1.75. The Bertz CT molecular complexity index is 999. The van der Waals surface area contributed by atoms with Crippen LogP contribution < -0.4 is 15.4 Å². The van der Waals surface area contributed by atoms with Crippen LogP contribution in [0.3, 0.4) is 0 Å². The average molecular weight is 433 g/mol. The molecule has 2 N–H and O–H groups in total. The standard InChI is InChI=1S/C21H28N4O4S/c1-14-20(15(2)24-13-23-14)18-12-17(25-21(26)16-4-5-16)6-7-19(18)29-10-8-22-9-11-30(3,27)28/h6-7,12-13,16,22H,4-5,8-11H2,1-3H3,(H,25,26). The molecule has 1 saturated carbocycles. The van der Waals surface area contributed by atoms with E-state index in [1.165, 1.54) is 12.6 Å². The van der Waals surface area contributed by atoms with E-state index in [0.29, 0.717) is 31.1 Å². The number of carbonyl (C=O) groups is 1. The number of sulfone groups is 1. The molecule has 0 spiro atoms. The molecule has 1 fully saturated rings. The van der Waals surface area contributed by atoms with Gasteiger partial charge in [0.2, 0.25) is 5.91 Å². The first-order chi connectivity index (χ1) is 14.2. The van der Waals surface area contributed by atoms with Crippen LogP contribution in [-0.2, 0) is 14.6 Å². The minimum atomic E-state index is -2.98. The summed E-state index contributed by atoms with van der Waals surface area (Å²) in [6, 6.07) is 5.55. The van der Waals surface area contributed by atoms with Gasteiger partial charge in [0.05, 0.1) is 5.75 Å². The summed E-state index contributed by atoms with van der Waals surface area (Å²) in [5, 5.41) is 6.04. The number of amides is 1. The van der Waals surface area contributed by atoms with Crippen LogP contribution in [0.5, 0.6) is 5.75 Å². The predicted molar refractivity (Wildman–Crippen MR) is 116 cm³/mol. The normalized spacial score (nSPS) is 13.8. The highest BCUT2D eigenvalue weighted by molar-refractivity contribution is 7.90. The van der Waals surface area contributed by atoms with Crippen LogP contribution in [0.4, 0.5) is 5.69 Å². The first-order valence-electron chi connectivity index (χ1n) is 9.99. The number of benzene rings is 1. The fourth-order valence-corrected chi connectivity index (χ4v) is 3.63. The van der Waals surface area contributed by atoms with Gasteiger partial charge in [0.1, 0.15) is 28.5 Å². The average Bonchev–Trinajstić information content (AvgIpc) is 3.50. The van der Waals surface area contributed by atoms with Gasteiger partial charge in [-0.05, 0) is 44.9 Å². The van der Waals surface area contributed by atoms with Crippen molar-refractivity contribution in [1.82, 2.24) is 15.3 Å². The fraction of sp³-hybridized carbons (Fsp3) is 0.476. The second-order valence-electron chi connectivity index (χ2n) is 7.62. The van der Waals surface area contributed by atoms with Crippen LogP contribution in [0.2, 0.25) is 0 Å². The lowest BCUT2D eigenvalue weighted by Gasteiger charge is -2.16. The monoisotopic (exact) mass is 432 g/mol. The Kier molecular flexibility index (Phi) is 7.04. The quantitative estimate of drug-likeness (QED) is 0.553. The SMILES string of the molecule is Cc1ncnc(C)c1-c1cc(NC(=O)C2CC2)ccc1OCCNCCS(C)(=O)=O. The fourth-order valence-electron chi connectivity index (χ4n) is 3.12. The first-order valence-corrected chi connectivity index (χ1v) is 12.1. The lowest BCUT2D eigenvalue weighted by molar-refractivity contribution is -0.117. The maximum Gasteiger partial charge on any atom is 0.227 e. The van der Waals surface area contributed by atoms with E-state index in [1.54, 1.807) is 0 Å². The summed E-state index contributed by atoms with van der Waals surface area (Å²) in [5.74, 6) is 0.909. The highest BCUT2D eigenvalue weighted by Gasteiger charge is 2.29. The molecule has 0 unspecified atom stereocenters. The third-order valence-electron chi connectivity index (χ3n) is 4.88. The zero-order chi connectivity index (χ0) is 21.7. The zero-order valence-electron chi connectivity index (χ0n) is 17.6. The van der Waals surface area contributed by atoms with Crippen molar-refractivity contribution in [2.45, 2.75) is 26.7 Å². The van der Waals surface area contributed by atoms with E-state index in [2.05, 4.69) is 20.6 Å². The second-order valence-corrected chi connectivity index (χ2v) is 9.88. The molecule has 0 aliphatic heterocycles. The van der Waals surface area contributed by atoms with Crippen LogP contribution in [0.1, 0.15) is 24.2 Å². The molecule has 1 amide bonds. The van der Waals surface area contributed by atoms with Crippen molar-refractivity contribution < 1.29 is 17.9 Å². The minimum Gasteiger partial charge on any atom is -0.492 e. The van der Waals surface area contributed by atoms with Crippen molar-refractivity contribution in [2.24, 2.45) is 5.92 Å². The van der Waals surface area contributed by atoms with Gasteiger partial charge in [-0.25, -0.2) is 18.4 Å². The van der Waals surface area contributed by atoms with Crippen LogP contribution in [-0.4, -0.2) is 56.0 Å². The number of carbonyl (C=O) groups excluding carboxylic acids is 1. The van der Waals surface area contributed by atoms with E-state index in [0.717, 1.165) is 35.4 Å². The van der Waals surface area contributed by atoms with E-state index in [-0.39, 0.29) is 17.6 Å². The third-order valence-corrected chi connectivity index (χ3v) is 5.82. The third kappa shape index (κ3) is 6.24. The smallest absolute Gasteiger partial charge is 0.227 e. The molecule has 8 nitrogen and oxygen atoms in total. The molecule has 0 atom stereocenters. The molecule has 162 valence electrons. The first kappa shape index (κ1) is 22.2. The van der Waals surface area contributed by atoms with Gasteiger partial charge in [-0.3, -0.25) is 4.79 Å². The van der Waals surface area contributed by atoms with Crippen molar-refractivity contribution in [2.75, 3.05) is 37.0 Å². The Morgan fingerprint density at radius 3 is 2.50 bits per heavy atom. The van der Waals surface area contributed by atoms with Crippen molar-refractivity contribution in [3.8, 4) is 16.9 Å². The Hall–Kier alpha value is -2.52. The minimum absolute atomic E-state index is 0.0439. The van der Waals surface area contributed by atoms with E-state index in [4.69, 9.17) is 4.74 Å². The van der Waals surface area contributed by atoms with E-state index in [1.807, 2.05) is 32.0 Å². The lowest BCUT2D eigenvalue weighted by Crippen LogP contribution is -2.26. The van der Waals surface area contributed by atoms with Gasteiger partial charge in [-0.15, -0.1) is 0 Å². The van der Waals surface area contributed by atoms with E-state index >= 15 is 0 Å². The molecule has 9 heteroatoms. The molecule has 1 heterocycles. The van der Waals surface area contributed by atoms with Gasteiger partial charge in [0.15, 0.2) is 0 Å². The number of nitrogens with one attached hydrogen (secondary N) is 2. The van der Waals surface area contributed by atoms with Crippen molar-refractivity contribution in [3.05, 3.63) is 35.9 Å². The van der Waals surface area contributed by atoms with Crippen LogP contribution >= 0.6 is 0 Å². The number of aryl methyl sites for hydroxylation is 2. The van der Waals surface area contributed by atoms with Crippen molar-refractivity contribution in [1.29, 1.82) is 0 Å². The van der Waals surface area contributed by atoms with Crippen LogP contribution in [0.25, 0.3) is 11.1 Å². The molecule has 30 heavy (non-hydrogen) atoms. The highest BCUT2D eigenvalue weighted by atomic mass is 32.2. The van der Waals surface area contributed by atoms with E-state index < -0.39 is 9.84 Å². The summed E-state index contributed by atoms with van der Waals surface area (Å²) in [6.45, 7) is 5.09. The highest BCUT2D eigenvalue weighted by Crippen LogP contribution is 2.36. The summed E-state index contributed by atoms with van der Waals surface area (Å²) in [4.78, 5) is 20.8. The molecule has 2 aromatic rings. The molecule has 3 rings (SSSR count). The molecule has 1 aliphatic rings. The Morgan fingerprint density at radius 1 is 1.17 bits per heavy atom. The van der Waals surface area contributed by atoms with Gasteiger partial charge in [-0.1, -0.05) is 0 Å². The van der Waals surface area contributed by atoms with Crippen molar-refractivity contribution >= 4 is 21.4 Å². The van der Waals surface area contributed by atoms with Crippen molar-refractivity contribution in [3.63, 3.8) is 0 Å². The summed E-state index contributed by atoms with van der Waals surface area (Å²) in [7, 11) is -2.98. The number of nitrogens with zero attached hydrogens (tertiary/aromatic N) is 2. The van der Waals surface area contributed by atoms with Crippen LogP contribution in [0, 0.1) is 19.8 Å². The van der Waals surface area contributed by atoms with E-state index in [9.17, 15) is 13.2 Å². The Morgan fingerprint density at radius 2 is 1.87 bits per heavy atom.